The van der Waals surface area contributed by atoms with E-state index in [4.69, 9.17) is 5.73 Å². The van der Waals surface area contributed by atoms with E-state index in [0.29, 0.717) is 6.54 Å². The van der Waals surface area contributed by atoms with Crippen LogP contribution in [0.2, 0.25) is 0 Å². The van der Waals surface area contributed by atoms with E-state index in [1.54, 1.807) is 17.0 Å². The van der Waals surface area contributed by atoms with Gasteiger partial charge in [0.25, 0.3) is 0 Å². The summed E-state index contributed by atoms with van der Waals surface area (Å²) in [5, 5.41) is 2.85. The van der Waals surface area contributed by atoms with Gasteiger partial charge in [-0.1, -0.05) is 0 Å². The van der Waals surface area contributed by atoms with Crippen LogP contribution in [0.1, 0.15) is 5.82 Å². The summed E-state index contributed by atoms with van der Waals surface area (Å²) in [5.41, 5.74) is 5.63. The number of nitrogens with one attached hydrogen (secondary N) is 1. The van der Waals surface area contributed by atoms with Crippen LogP contribution in [0.5, 0.6) is 0 Å². The maximum Gasteiger partial charge on any atom is 0.151 e. The normalized spacial score (nSPS) is 10.5. The third-order valence-electron chi connectivity index (χ3n) is 2.45. The minimum Gasteiger partial charge on any atom is -0.395 e. The highest BCUT2D eigenvalue weighted by Gasteiger charge is 2.08. The Morgan fingerprint density at radius 1 is 1.41 bits per heavy atom. The van der Waals surface area contributed by atoms with Gasteiger partial charge in [-0.3, -0.25) is 0 Å². The van der Waals surface area contributed by atoms with E-state index < -0.39 is 11.6 Å². The second kappa shape index (κ2) is 4.40. The third kappa shape index (κ3) is 2.35. The number of nitrogens with zero attached hydrogens (tertiary/aromatic N) is 2. The van der Waals surface area contributed by atoms with Gasteiger partial charge in [0.2, 0.25) is 0 Å². The molecule has 90 valence electrons. The quantitative estimate of drug-likeness (QED) is 0.803. The number of anilines is 2. The maximum atomic E-state index is 13.2. The third-order valence-corrected chi connectivity index (χ3v) is 2.45. The van der Waals surface area contributed by atoms with Crippen molar-refractivity contribution in [1.82, 2.24) is 9.55 Å². The molecule has 0 unspecified atom stereocenters. The first-order valence-corrected chi connectivity index (χ1v) is 5.02. The lowest BCUT2D eigenvalue weighted by Crippen LogP contribution is -2.08. The van der Waals surface area contributed by atoms with E-state index in [0.717, 1.165) is 18.0 Å². The molecule has 0 fully saturated rings. The lowest BCUT2D eigenvalue weighted by atomic mass is 10.2. The molecule has 4 nitrogen and oxygen atoms in total. The molecule has 0 saturated heterocycles. The van der Waals surface area contributed by atoms with Crippen molar-refractivity contribution in [3.63, 3.8) is 0 Å². The van der Waals surface area contributed by atoms with Gasteiger partial charge in [0.15, 0.2) is 5.82 Å². The van der Waals surface area contributed by atoms with Crippen molar-refractivity contribution in [2.24, 2.45) is 7.05 Å². The first-order chi connectivity index (χ1) is 8.08. The van der Waals surface area contributed by atoms with Gasteiger partial charge in [0.05, 0.1) is 17.9 Å². The van der Waals surface area contributed by atoms with Crippen molar-refractivity contribution in [3.05, 3.63) is 42.0 Å². The van der Waals surface area contributed by atoms with E-state index >= 15 is 0 Å². The Bertz CT molecular complexity index is 536. The molecule has 0 radical (unpaired) electrons. The second-order valence-corrected chi connectivity index (χ2v) is 3.66. The van der Waals surface area contributed by atoms with Crippen molar-refractivity contribution in [3.8, 4) is 0 Å². The second-order valence-electron chi connectivity index (χ2n) is 3.66. The number of imidazole rings is 1. The molecular formula is C11H12F2N4. The number of rotatable bonds is 3. The molecule has 1 heterocycles. The van der Waals surface area contributed by atoms with Gasteiger partial charge in [-0.05, 0) is 6.07 Å². The molecule has 2 aromatic rings. The van der Waals surface area contributed by atoms with Crippen molar-refractivity contribution in [2.75, 3.05) is 11.1 Å². The number of halogens is 2. The van der Waals surface area contributed by atoms with Crippen LogP contribution in [0, 0.1) is 11.6 Å². The maximum absolute atomic E-state index is 13.2. The number of nitrogens with two attached hydrogens (primary N) is 1. The van der Waals surface area contributed by atoms with Gasteiger partial charge >= 0.3 is 0 Å². The van der Waals surface area contributed by atoms with Crippen molar-refractivity contribution in [1.29, 1.82) is 0 Å². The Hall–Kier alpha value is -2.11. The van der Waals surface area contributed by atoms with E-state index in [9.17, 15) is 8.78 Å². The van der Waals surface area contributed by atoms with E-state index in [-0.39, 0.29) is 11.4 Å². The van der Waals surface area contributed by atoms with Crippen LogP contribution in [0.4, 0.5) is 20.2 Å². The summed E-state index contributed by atoms with van der Waals surface area (Å²) in [6.07, 6.45) is 3.43. The Labute approximate surface area is 97.1 Å². The van der Waals surface area contributed by atoms with Crippen LogP contribution in [-0.2, 0) is 13.6 Å². The lowest BCUT2D eigenvalue weighted by Gasteiger charge is -2.10. The fraction of sp³-hybridized carbons (Fsp3) is 0.182. The monoisotopic (exact) mass is 238 g/mol. The largest absolute Gasteiger partial charge is 0.395 e. The lowest BCUT2D eigenvalue weighted by molar-refractivity contribution is 0.587. The highest BCUT2D eigenvalue weighted by molar-refractivity contribution is 5.66. The zero-order valence-corrected chi connectivity index (χ0v) is 9.24. The number of nitrogen functional groups attached to an aromatic ring is 1. The van der Waals surface area contributed by atoms with E-state index in [1.807, 2.05) is 7.05 Å². The first kappa shape index (κ1) is 11.4. The molecular weight excluding hydrogens is 226 g/mol. The van der Waals surface area contributed by atoms with Crippen molar-refractivity contribution < 1.29 is 8.78 Å². The SMILES string of the molecule is Cn1ccnc1CNc1cc(F)cc(F)c1N. The summed E-state index contributed by atoms with van der Waals surface area (Å²) < 4.78 is 28.0. The number of benzene rings is 1. The van der Waals surface area contributed by atoms with Crippen LogP contribution in [-0.4, -0.2) is 9.55 Å². The molecule has 0 bridgehead atoms. The number of aromatic nitrogens is 2. The van der Waals surface area contributed by atoms with Gasteiger partial charge in [-0.15, -0.1) is 0 Å². The van der Waals surface area contributed by atoms with Crippen molar-refractivity contribution >= 4 is 11.4 Å². The standard InChI is InChI=1S/C11H12F2N4/c1-17-3-2-15-10(17)6-16-9-5-7(12)4-8(13)11(9)14/h2-5,16H,6,14H2,1H3. The molecule has 1 aromatic heterocycles. The molecule has 0 aliphatic carbocycles. The fourth-order valence-corrected chi connectivity index (χ4v) is 1.47. The summed E-state index contributed by atoms with van der Waals surface area (Å²) in [6, 6.07) is 1.91. The molecule has 2 rings (SSSR count). The van der Waals surface area contributed by atoms with Crippen LogP contribution in [0.3, 0.4) is 0 Å². The van der Waals surface area contributed by atoms with Crippen LogP contribution < -0.4 is 11.1 Å². The molecule has 17 heavy (non-hydrogen) atoms. The average molecular weight is 238 g/mol. The first-order valence-electron chi connectivity index (χ1n) is 5.02. The molecule has 0 aliphatic heterocycles. The van der Waals surface area contributed by atoms with Gasteiger partial charge in [-0.2, -0.15) is 0 Å². The smallest absolute Gasteiger partial charge is 0.151 e. The molecule has 0 spiro atoms. The minimum atomic E-state index is -0.771. The number of hydrogen-bond donors (Lipinski definition) is 2. The highest BCUT2D eigenvalue weighted by atomic mass is 19.1. The van der Waals surface area contributed by atoms with Gasteiger partial charge < -0.3 is 15.6 Å². The summed E-state index contributed by atoms with van der Waals surface area (Å²) in [5.74, 6) is -0.694. The summed E-state index contributed by atoms with van der Waals surface area (Å²) in [6.45, 7) is 0.344. The van der Waals surface area contributed by atoms with E-state index in [2.05, 4.69) is 10.3 Å². The number of aryl methyl sites for hydroxylation is 1. The van der Waals surface area contributed by atoms with Gasteiger partial charge in [0.1, 0.15) is 11.6 Å². The minimum absolute atomic E-state index is 0.0967. The zero-order valence-electron chi connectivity index (χ0n) is 9.24. The zero-order chi connectivity index (χ0) is 12.4. The Balaban J connectivity index is 2.17. The Morgan fingerprint density at radius 3 is 2.82 bits per heavy atom. The predicted octanol–water partition coefficient (Wildman–Crippen LogP) is 1.89. The number of hydrogen-bond acceptors (Lipinski definition) is 3. The van der Waals surface area contributed by atoms with Crippen LogP contribution in [0.15, 0.2) is 24.5 Å². The van der Waals surface area contributed by atoms with Crippen molar-refractivity contribution in [2.45, 2.75) is 6.54 Å². The summed E-state index contributed by atoms with van der Waals surface area (Å²) >= 11 is 0. The molecule has 0 atom stereocenters. The Kier molecular flexibility index (Phi) is 2.95. The molecule has 1 aromatic carbocycles. The van der Waals surface area contributed by atoms with Crippen LogP contribution >= 0.6 is 0 Å². The summed E-state index contributed by atoms with van der Waals surface area (Å²) in [4.78, 5) is 4.08. The van der Waals surface area contributed by atoms with Crippen LogP contribution in [0.25, 0.3) is 0 Å². The van der Waals surface area contributed by atoms with Gasteiger partial charge in [-0.25, -0.2) is 13.8 Å². The van der Waals surface area contributed by atoms with Gasteiger partial charge in [0, 0.05) is 25.5 Å². The predicted molar refractivity (Wildman–Crippen MR) is 61.3 cm³/mol. The molecule has 6 heteroatoms. The molecule has 0 aliphatic rings. The molecule has 3 N–H and O–H groups in total. The molecule has 0 amide bonds. The fourth-order valence-electron chi connectivity index (χ4n) is 1.47. The summed E-state index contributed by atoms with van der Waals surface area (Å²) in [7, 11) is 1.83. The average Bonchev–Trinajstić information content (AvgIpc) is 2.67. The molecule has 0 saturated carbocycles. The van der Waals surface area contributed by atoms with E-state index in [1.165, 1.54) is 0 Å². The Morgan fingerprint density at radius 2 is 2.18 bits per heavy atom. The highest BCUT2D eigenvalue weighted by Crippen LogP contribution is 2.23. The topological polar surface area (TPSA) is 55.9 Å².